The van der Waals surface area contributed by atoms with Crippen molar-refractivity contribution in [1.82, 2.24) is 4.72 Å². The van der Waals surface area contributed by atoms with Gasteiger partial charge in [-0.1, -0.05) is 60.7 Å². The van der Waals surface area contributed by atoms with Gasteiger partial charge in [0.05, 0.1) is 0 Å². The SMILES string of the molecule is O=C(CCNS(=O)(=O)/C=C/c1ccccc1)Nc1ccc2c(c1)Cc1ccccc1-2. The maximum absolute atomic E-state index is 12.2. The van der Waals surface area contributed by atoms with Crippen LogP contribution in [0.15, 0.2) is 78.2 Å². The van der Waals surface area contributed by atoms with Crippen molar-refractivity contribution in [3.8, 4) is 11.1 Å². The minimum Gasteiger partial charge on any atom is -0.326 e. The molecule has 0 radical (unpaired) electrons. The Morgan fingerprint density at radius 1 is 0.900 bits per heavy atom. The molecule has 3 aromatic rings. The van der Waals surface area contributed by atoms with Crippen LogP contribution in [-0.4, -0.2) is 20.9 Å². The minimum absolute atomic E-state index is 0.0314. The van der Waals surface area contributed by atoms with E-state index in [-0.39, 0.29) is 18.9 Å². The molecule has 1 aliphatic rings. The van der Waals surface area contributed by atoms with Gasteiger partial charge in [-0.25, -0.2) is 13.1 Å². The van der Waals surface area contributed by atoms with E-state index in [4.69, 9.17) is 0 Å². The molecule has 0 fully saturated rings. The van der Waals surface area contributed by atoms with Crippen molar-refractivity contribution in [3.05, 3.63) is 94.9 Å². The van der Waals surface area contributed by atoms with Gasteiger partial charge in [-0.15, -0.1) is 0 Å². The number of sulfonamides is 1. The highest BCUT2D eigenvalue weighted by molar-refractivity contribution is 7.92. The molecule has 6 heteroatoms. The normalized spacial score (nSPS) is 12.5. The molecule has 0 aliphatic heterocycles. The Morgan fingerprint density at radius 3 is 2.47 bits per heavy atom. The molecule has 0 aromatic heterocycles. The molecule has 3 aromatic carbocycles. The van der Waals surface area contributed by atoms with Crippen LogP contribution in [0.25, 0.3) is 17.2 Å². The number of hydrogen-bond donors (Lipinski definition) is 2. The van der Waals surface area contributed by atoms with Crippen molar-refractivity contribution < 1.29 is 13.2 Å². The molecular weight excluding hydrogens is 396 g/mol. The third-order valence-corrected chi connectivity index (χ3v) is 6.07. The first kappa shape index (κ1) is 20.1. The number of benzene rings is 3. The summed E-state index contributed by atoms with van der Waals surface area (Å²) in [6.45, 7) is 0.0314. The fourth-order valence-electron chi connectivity index (χ4n) is 3.53. The van der Waals surface area contributed by atoms with Gasteiger partial charge >= 0.3 is 0 Å². The third kappa shape index (κ3) is 4.84. The van der Waals surface area contributed by atoms with E-state index in [0.29, 0.717) is 0 Å². The summed E-state index contributed by atoms with van der Waals surface area (Å²) < 4.78 is 26.5. The Morgan fingerprint density at radius 2 is 1.63 bits per heavy atom. The summed E-state index contributed by atoms with van der Waals surface area (Å²) in [4.78, 5) is 12.2. The van der Waals surface area contributed by atoms with E-state index in [1.807, 2.05) is 60.7 Å². The van der Waals surface area contributed by atoms with E-state index in [2.05, 4.69) is 22.2 Å². The molecule has 0 heterocycles. The molecule has 152 valence electrons. The van der Waals surface area contributed by atoms with Crippen molar-refractivity contribution in [2.24, 2.45) is 0 Å². The van der Waals surface area contributed by atoms with Crippen LogP contribution in [0.5, 0.6) is 0 Å². The summed E-state index contributed by atoms with van der Waals surface area (Å²) in [6, 6.07) is 23.3. The molecular formula is C24H22N2O3S. The minimum atomic E-state index is -3.60. The van der Waals surface area contributed by atoms with Crippen LogP contribution in [0.2, 0.25) is 0 Å². The standard InChI is InChI=1S/C24H22N2O3S/c27-24(12-14-25-30(28,29)15-13-18-6-2-1-3-7-18)26-21-10-11-23-20(17-21)16-19-8-4-5-9-22(19)23/h1-11,13,15,17,25H,12,14,16H2,(H,26,27)/b15-13+. The number of rotatable bonds is 7. The molecule has 0 atom stereocenters. The quantitative estimate of drug-likeness (QED) is 0.473. The van der Waals surface area contributed by atoms with Crippen molar-refractivity contribution in [2.45, 2.75) is 12.8 Å². The second kappa shape index (κ2) is 8.65. The van der Waals surface area contributed by atoms with Crippen LogP contribution in [-0.2, 0) is 21.2 Å². The van der Waals surface area contributed by atoms with Gasteiger partial charge in [0.15, 0.2) is 0 Å². The molecule has 4 rings (SSSR count). The van der Waals surface area contributed by atoms with E-state index < -0.39 is 10.0 Å². The van der Waals surface area contributed by atoms with E-state index in [9.17, 15) is 13.2 Å². The lowest BCUT2D eigenvalue weighted by molar-refractivity contribution is -0.116. The lowest BCUT2D eigenvalue weighted by atomic mass is 10.1. The van der Waals surface area contributed by atoms with E-state index in [1.54, 1.807) is 0 Å². The highest BCUT2D eigenvalue weighted by atomic mass is 32.2. The Labute approximate surface area is 176 Å². The molecule has 0 bridgehead atoms. The van der Waals surface area contributed by atoms with Crippen LogP contribution in [0.1, 0.15) is 23.1 Å². The van der Waals surface area contributed by atoms with E-state index in [1.165, 1.54) is 28.3 Å². The highest BCUT2D eigenvalue weighted by Gasteiger charge is 2.18. The Bertz CT molecular complexity index is 1200. The van der Waals surface area contributed by atoms with Crippen LogP contribution >= 0.6 is 0 Å². The zero-order valence-corrected chi connectivity index (χ0v) is 17.2. The maximum Gasteiger partial charge on any atom is 0.233 e. The number of fused-ring (bicyclic) bond motifs is 3. The summed E-state index contributed by atoms with van der Waals surface area (Å²) in [6.07, 6.45) is 2.42. The fraction of sp³-hybridized carbons (Fsp3) is 0.125. The monoisotopic (exact) mass is 418 g/mol. The predicted molar refractivity (Wildman–Crippen MR) is 120 cm³/mol. The first-order valence-corrected chi connectivity index (χ1v) is 11.3. The lowest BCUT2D eigenvalue weighted by Gasteiger charge is -2.08. The average Bonchev–Trinajstić information content (AvgIpc) is 3.11. The molecule has 0 spiro atoms. The number of carbonyl (C=O) groups is 1. The van der Waals surface area contributed by atoms with Crippen molar-refractivity contribution in [2.75, 3.05) is 11.9 Å². The van der Waals surface area contributed by atoms with Gasteiger partial charge in [0.2, 0.25) is 15.9 Å². The Hall–Kier alpha value is -3.22. The van der Waals surface area contributed by atoms with Gasteiger partial charge in [-0.2, -0.15) is 0 Å². The molecule has 0 unspecified atom stereocenters. The summed E-state index contributed by atoms with van der Waals surface area (Å²) in [5.74, 6) is -0.236. The van der Waals surface area contributed by atoms with Gasteiger partial charge in [0, 0.05) is 24.1 Å². The fourth-order valence-corrected chi connectivity index (χ4v) is 4.35. The molecule has 0 saturated carbocycles. The molecule has 30 heavy (non-hydrogen) atoms. The van der Waals surface area contributed by atoms with E-state index in [0.717, 1.165) is 23.1 Å². The lowest BCUT2D eigenvalue weighted by Crippen LogP contribution is -2.26. The summed E-state index contributed by atoms with van der Waals surface area (Å²) in [5.41, 5.74) is 6.41. The van der Waals surface area contributed by atoms with Gasteiger partial charge in [0.25, 0.3) is 0 Å². The topological polar surface area (TPSA) is 75.3 Å². The number of nitrogens with one attached hydrogen (secondary N) is 2. The zero-order valence-electron chi connectivity index (χ0n) is 16.3. The molecule has 1 amide bonds. The van der Waals surface area contributed by atoms with Gasteiger partial charge in [-0.3, -0.25) is 4.79 Å². The predicted octanol–water partition coefficient (Wildman–Crippen LogP) is 4.18. The Balaban J connectivity index is 1.29. The number of amides is 1. The molecule has 5 nitrogen and oxygen atoms in total. The van der Waals surface area contributed by atoms with Crippen molar-refractivity contribution in [1.29, 1.82) is 0 Å². The Kier molecular flexibility index (Phi) is 5.79. The third-order valence-electron chi connectivity index (χ3n) is 4.97. The van der Waals surface area contributed by atoms with Gasteiger partial charge in [-0.05, 0) is 52.4 Å². The van der Waals surface area contributed by atoms with Crippen molar-refractivity contribution >= 4 is 27.7 Å². The van der Waals surface area contributed by atoms with Gasteiger partial charge in [0.1, 0.15) is 0 Å². The summed E-state index contributed by atoms with van der Waals surface area (Å²) >= 11 is 0. The molecule has 1 aliphatic carbocycles. The van der Waals surface area contributed by atoms with Crippen LogP contribution in [0.3, 0.4) is 0 Å². The largest absolute Gasteiger partial charge is 0.326 e. The first-order chi connectivity index (χ1) is 14.5. The maximum atomic E-state index is 12.2. The highest BCUT2D eigenvalue weighted by Crippen LogP contribution is 2.37. The first-order valence-electron chi connectivity index (χ1n) is 9.74. The van der Waals surface area contributed by atoms with Crippen molar-refractivity contribution in [3.63, 3.8) is 0 Å². The zero-order chi connectivity index (χ0) is 21.0. The second-order valence-electron chi connectivity index (χ2n) is 7.16. The number of carbonyl (C=O) groups excluding carboxylic acids is 1. The smallest absolute Gasteiger partial charge is 0.233 e. The van der Waals surface area contributed by atoms with Crippen LogP contribution < -0.4 is 10.0 Å². The summed E-state index contributed by atoms with van der Waals surface area (Å²) in [7, 11) is -3.60. The van der Waals surface area contributed by atoms with Crippen LogP contribution in [0.4, 0.5) is 5.69 Å². The second-order valence-corrected chi connectivity index (χ2v) is 8.81. The molecule has 2 N–H and O–H groups in total. The van der Waals surface area contributed by atoms with Crippen LogP contribution in [0, 0.1) is 0 Å². The molecule has 0 saturated heterocycles. The van der Waals surface area contributed by atoms with E-state index >= 15 is 0 Å². The summed E-state index contributed by atoms with van der Waals surface area (Å²) in [5, 5.41) is 3.96. The average molecular weight is 419 g/mol. The van der Waals surface area contributed by atoms with Gasteiger partial charge < -0.3 is 5.32 Å². The number of anilines is 1. The number of hydrogen-bond acceptors (Lipinski definition) is 3.